The monoisotopic (exact) mass is 283 g/mol. The van der Waals surface area contributed by atoms with Gasteiger partial charge in [-0.3, -0.25) is 14.9 Å². The lowest BCUT2D eigenvalue weighted by molar-refractivity contribution is -0.384. The van der Waals surface area contributed by atoms with Gasteiger partial charge in [0.25, 0.3) is 5.69 Å². The first-order chi connectivity index (χ1) is 8.95. The number of nitrogens with zero attached hydrogens (tertiary/aromatic N) is 1. The number of nitrogens with two attached hydrogens (primary N) is 1. The lowest BCUT2D eigenvalue weighted by Gasteiger charge is -2.12. The van der Waals surface area contributed by atoms with E-state index in [0.29, 0.717) is 18.2 Å². The number of thioether (sulfide) groups is 1. The molecular weight excluding hydrogens is 266 g/mol. The minimum atomic E-state index is -0.676. The fourth-order valence-corrected chi connectivity index (χ4v) is 2.30. The second kappa shape index (κ2) is 6.98. The topological polar surface area (TPSA) is 98.3 Å². The van der Waals surface area contributed by atoms with Gasteiger partial charge in [0, 0.05) is 18.2 Å². The SMILES string of the molecule is CSCC(C)CNc1ccc(C(N)=O)cc1[N+](=O)[O-]. The summed E-state index contributed by atoms with van der Waals surface area (Å²) in [6.45, 7) is 2.70. The van der Waals surface area contributed by atoms with Crippen molar-refractivity contribution in [3.63, 3.8) is 0 Å². The molecule has 0 bridgehead atoms. The largest absolute Gasteiger partial charge is 0.379 e. The summed E-state index contributed by atoms with van der Waals surface area (Å²) in [6.07, 6.45) is 2.01. The fourth-order valence-electron chi connectivity index (χ4n) is 1.61. The third-order valence-electron chi connectivity index (χ3n) is 2.57. The van der Waals surface area contributed by atoms with E-state index in [0.717, 1.165) is 5.75 Å². The Morgan fingerprint density at radius 3 is 2.79 bits per heavy atom. The van der Waals surface area contributed by atoms with Gasteiger partial charge in [0.2, 0.25) is 5.91 Å². The zero-order chi connectivity index (χ0) is 14.4. The van der Waals surface area contributed by atoms with E-state index in [-0.39, 0.29) is 11.3 Å². The van der Waals surface area contributed by atoms with E-state index in [9.17, 15) is 14.9 Å². The molecule has 1 amide bonds. The summed E-state index contributed by atoms with van der Waals surface area (Å²) in [6, 6.07) is 4.20. The molecule has 1 aromatic carbocycles. The maximum Gasteiger partial charge on any atom is 0.293 e. The number of benzene rings is 1. The lowest BCUT2D eigenvalue weighted by Crippen LogP contribution is -2.15. The van der Waals surface area contributed by atoms with Crippen LogP contribution in [0.1, 0.15) is 17.3 Å². The van der Waals surface area contributed by atoms with Crippen LogP contribution in [0.2, 0.25) is 0 Å². The molecule has 0 radical (unpaired) electrons. The number of nitro groups is 1. The molecule has 0 fully saturated rings. The van der Waals surface area contributed by atoms with Crippen LogP contribution in [0, 0.1) is 16.0 Å². The van der Waals surface area contributed by atoms with Crippen molar-refractivity contribution in [3.05, 3.63) is 33.9 Å². The van der Waals surface area contributed by atoms with Crippen LogP contribution >= 0.6 is 11.8 Å². The molecule has 3 N–H and O–H groups in total. The molecule has 0 aliphatic rings. The molecule has 0 aliphatic carbocycles. The van der Waals surface area contributed by atoms with E-state index >= 15 is 0 Å². The van der Waals surface area contributed by atoms with Gasteiger partial charge in [-0.05, 0) is 30.1 Å². The van der Waals surface area contributed by atoms with E-state index in [1.165, 1.54) is 18.2 Å². The Hall–Kier alpha value is -1.76. The number of nitrogens with one attached hydrogen (secondary N) is 1. The zero-order valence-corrected chi connectivity index (χ0v) is 11.7. The molecule has 0 aliphatic heterocycles. The average Bonchev–Trinajstić information content (AvgIpc) is 2.36. The van der Waals surface area contributed by atoms with Crippen LogP contribution in [0.15, 0.2) is 18.2 Å². The molecule has 1 rings (SSSR count). The van der Waals surface area contributed by atoms with Gasteiger partial charge in [0.05, 0.1) is 4.92 Å². The number of nitro benzene ring substituents is 1. The van der Waals surface area contributed by atoms with Crippen LogP contribution in [0.4, 0.5) is 11.4 Å². The number of hydrogen-bond acceptors (Lipinski definition) is 5. The first-order valence-corrected chi connectivity index (χ1v) is 7.16. The molecule has 0 saturated carbocycles. The maximum absolute atomic E-state index is 11.0. The molecule has 19 heavy (non-hydrogen) atoms. The Labute approximate surface area is 115 Å². The number of carbonyl (C=O) groups is 1. The summed E-state index contributed by atoms with van der Waals surface area (Å²) in [5, 5.41) is 14.0. The number of primary amides is 1. The summed E-state index contributed by atoms with van der Waals surface area (Å²) in [4.78, 5) is 21.5. The van der Waals surface area contributed by atoms with Gasteiger partial charge in [-0.2, -0.15) is 11.8 Å². The summed E-state index contributed by atoms with van der Waals surface area (Å²) in [5.41, 5.74) is 5.52. The first-order valence-electron chi connectivity index (χ1n) is 5.76. The number of rotatable bonds is 7. The normalized spacial score (nSPS) is 11.9. The van der Waals surface area contributed by atoms with Gasteiger partial charge in [-0.1, -0.05) is 6.92 Å². The smallest absolute Gasteiger partial charge is 0.293 e. The van der Waals surface area contributed by atoms with Crippen molar-refractivity contribution >= 4 is 29.0 Å². The number of carbonyl (C=O) groups excluding carboxylic acids is 1. The molecule has 0 saturated heterocycles. The van der Waals surface area contributed by atoms with Gasteiger partial charge in [0.1, 0.15) is 5.69 Å². The van der Waals surface area contributed by atoms with Crippen molar-refractivity contribution in [2.45, 2.75) is 6.92 Å². The summed E-state index contributed by atoms with van der Waals surface area (Å²) >= 11 is 1.73. The van der Waals surface area contributed by atoms with Crippen LogP contribution < -0.4 is 11.1 Å². The van der Waals surface area contributed by atoms with Crippen LogP contribution in [0.5, 0.6) is 0 Å². The molecule has 1 unspecified atom stereocenters. The van der Waals surface area contributed by atoms with E-state index in [2.05, 4.69) is 12.2 Å². The fraction of sp³-hybridized carbons (Fsp3) is 0.417. The highest BCUT2D eigenvalue weighted by Gasteiger charge is 2.16. The maximum atomic E-state index is 11.0. The highest BCUT2D eigenvalue weighted by molar-refractivity contribution is 7.98. The van der Waals surface area contributed by atoms with Gasteiger partial charge >= 0.3 is 0 Å². The minimum Gasteiger partial charge on any atom is -0.379 e. The highest BCUT2D eigenvalue weighted by atomic mass is 32.2. The molecular formula is C12H17N3O3S. The second-order valence-corrected chi connectivity index (χ2v) is 5.21. The lowest BCUT2D eigenvalue weighted by atomic mass is 10.1. The van der Waals surface area contributed by atoms with Crippen molar-refractivity contribution in [2.24, 2.45) is 11.7 Å². The third kappa shape index (κ3) is 4.44. The summed E-state index contributed by atoms with van der Waals surface area (Å²) in [7, 11) is 0. The average molecular weight is 283 g/mol. The van der Waals surface area contributed by atoms with Gasteiger partial charge in [0.15, 0.2) is 0 Å². The van der Waals surface area contributed by atoms with E-state index in [1.807, 2.05) is 6.26 Å². The van der Waals surface area contributed by atoms with Crippen LogP contribution in [-0.4, -0.2) is 29.4 Å². The predicted octanol–water partition coefficient (Wildman–Crippen LogP) is 2.10. The van der Waals surface area contributed by atoms with Crippen molar-refractivity contribution in [1.82, 2.24) is 0 Å². The van der Waals surface area contributed by atoms with Gasteiger partial charge in [-0.25, -0.2) is 0 Å². The standard InChI is InChI=1S/C12H17N3O3S/c1-8(7-19-2)6-14-10-4-3-9(12(13)16)5-11(10)15(17)18/h3-5,8,14H,6-7H2,1-2H3,(H2,13,16). The second-order valence-electron chi connectivity index (χ2n) is 4.29. The predicted molar refractivity (Wildman–Crippen MR) is 77.7 cm³/mol. The Bertz CT molecular complexity index is 479. The molecule has 7 heteroatoms. The number of anilines is 1. The van der Waals surface area contributed by atoms with E-state index in [4.69, 9.17) is 5.73 Å². The number of amides is 1. The van der Waals surface area contributed by atoms with Crippen molar-refractivity contribution in [3.8, 4) is 0 Å². The van der Waals surface area contributed by atoms with Crippen molar-refractivity contribution < 1.29 is 9.72 Å². The zero-order valence-electron chi connectivity index (χ0n) is 10.9. The Morgan fingerprint density at radius 1 is 1.58 bits per heavy atom. The summed E-state index contributed by atoms with van der Waals surface area (Å²) < 4.78 is 0. The van der Waals surface area contributed by atoms with Crippen LogP contribution in [-0.2, 0) is 0 Å². The van der Waals surface area contributed by atoms with Crippen LogP contribution in [0.25, 0.3) is 0 Å². The summed E-state index contributed by atoms with van der Waals surface area (Å²) in [5.74, 6) is 0.691. The number of hydrogen-bond donors (Lipinski definition) is 2. The Kier molecular flexibility index (Phi) is 5.62. The quantitative estimate of drug-likeness (QED) is 0.590. The third-order valence-corrected chi connectivity index (χ3v) is 3.47. The molecule has 1 aromatic rings. The molecule has 104 valence electrons. The molecule has 0 aromatic heterocycles. The van der Waals surface area contributed by atoms with Crippen LogP contribution in [0.3, 0.4) is 0 Å². The van der Waals surface area contributed by atoms with Crippen molar-refractivity contribution in [2.75, 3.05) is 23.9 Å². The Morgan fingerprint density at radius 2 is 2.26 bits per heavy atom. The van der Waals surface area contributed by atoms with Gasteiger partial charge < -0.3 is 11.1 Å². The highest BCUT2D eigenvalue weighted by Crippen LogP contribution is 2.25. The molecule has 6 nitrogen and oxygen atoms in total. The first kappa shape index (κ1) is 15.3. The molecule has 1 atom stereocenters. The van der Waals surface area contributed by atoms with Crippen molar-refractivity contribution in [1.29, 1.82) is 0 Å². The van der Waals surface area contributed by atoms with E-state index < -0.39 is 10.8 Å². The molecule has 0 heterocycles. The van der Waals surface area contributed by atoms with E-state index in [1.54, 1.807) is 11.8 Å². The molecule has 0 spiro atoms. The van der Waals surface area contributed by atoms with Gasteiger partial charge in [-0.15, -0.1) is 0 Å². The Balaban J connectivity index is 2.88. The minimum absolute atomic E-state index is 0.132.